The monoisotopic (exact) mass is 476 g/mol. The van der Waals surface area contributed by atoms with Crippen LogP contribution in [0.4, 0.5) is 5.69 Å². The molecule has 2 aliphatic rings. The lowest BCUT2D eigenvalue weighted by Gasteiger charge is -2.36. The predicted molar refractivity (Wildman–Crippen MR) is 138 cm³/mol. The molecule has 0 N–H and O–H groups in total. The number of amides is 1. The molecule has 1 aliphatic heterocycles. The van der Waals surface area contributed by atoms with Crippen molar-refractivity contribution in [1.82, 2.24) is 4.90 Å². The van der Waals surface area contributed by atoms with Crippen molar-refractivity contribution in [1.29, 1.82) is 0 Å². The second-order valence-electron chi connectivity index (χ2n) is 9.14. The number of aryl methyl sites for hydroxylation is 1. The van der Waals surface area contributed by atoms with Crippen molar-refractivity contribution in [3.05, 3.63) is 78.3 Å². The molecule has 5 rings (SSSR count). The van der Waals surface area contributed by atoms with E-state index >= 15 is 0 Å². The lowest BCUT2D eigenvalue weighted by molar-refractivity contribution is -0.131. The highest BCUT2D eigenvalue weighted by atomic mass is 16.5. The smallest absolute Gasteiger partial charge is 0.230 e. The highest BCUT2D eigenvalue weighted by Crippen LogP contribution is 2.35. The van der Waals surface area contributed by atoms with Crippen LogP contribution in [-0.2, 0) is 11.2 Å². The summed E-state index contributed by atoms with van der Waals surface area (Å²) in [6.45, 7) is 5.12. The Morgan fingerprint density at radius 1 is 0.943 bits per heavy atom. The molecule has 2 heterocycles. The maximum atomic E-state index is 12.5. The SMILES string of the molecule is COc1ccc(N2CCN(C(=O)Cc3ccco3)CC2)cc1OC1CCCC1.Cc1ccccc1. The van der Waals surface area contributed by atoms with Crippen molar-refractivity contribution < 1.29 is 18.7 Å². The molecule has 3 aromatic rings. The van der Waals surface area contributed by atoms with Crippen molar-refractivity contribution in [3.63, 3.8) is 0 Å². The number of anilines is 1. The quantitative estimate of drug-likeness (QED) is 0.471. The topological polar surface area (TPSA) is 55.2 Å². The van der Waals surface area contributed by atoms with Gasteiger partial charge in [0.15, 0.2) is 11.5 Å². The van der Waals surface area contributed by atoms with Crippen LogP contribution in [0.1, 0.15) is 37.0 Å². The standard InChI is InChI=1S/C22H28N2O4.C7H8/c1-26-20-9-8-17(15-21(20)28-18-5-2-3-6-18)23-10-12-24(13-11-23)22(25)16-19-7-4-14-27-19;1-7-5-3-2-4-6-7/h4,7-9,14-15,18H,2-3,5-6,10-13,16H2,1H3;2-6H,1H3. The summed E-state index contributed by atoms with van der Waals surface area (Å²) < 4.78 is 17.0. The number of hydrogen-bond donors (Lipinski definition) is 0. The summed E-state index contributed by atoms with van der Waals surface area (Å²) >= 11 is 0. The molecule has 6 nitrogen and oxygen atoms in total. The van der Waals surface area contributed by atoms with Gasteiger partial charge in [-0.2, -0.15) is 0 Å². The van der Waals surface area contributed by atoms with Crippen LogP contribution in [0.25, 0.3) is 0 Å². The summed E-state index contributed by atoms with van der Waals surface area (Å²) in [6.07, 6.45) is 6.93. The molecule has 1 saturated carbocycles. The van der Waals surface area contributed by atoms with Gasteiger partial charge >= 0.3 is 0 Å². The van der Waals surface area contributed by atoms with Gasteiger partial charge in [0, 0.05) is 37.9 Å². The van der Waals surface area contributed by atoms with E-state index in [4.69, 9.17) is 13.9 Å². The lowest BCUT2D eigenvalue weighted by Crippen LogP contribution is -2.49. The Morgan fingerprint density at radius 3 is 2.29 bits per heavy atom. The number of carbonyl (C=O) groups excluding carboxylic acids is 1. The number of ether oxygens (including phenoxy) is 2. The molecule has 1 amide bonds. The summed E-state index contributed by atoms with van der Waals surface area (Å²) in [5.41, 5.74) is 2.44. The van der Waals surface area contributed by atoms with E-state index in [0.29, 0.717) is 25.6 Å². The van der Waals surface area contributed by atoms with Gasteiger partial charge in [0.05, 0.1) is 25.9 Å². The van der Waals surface area contributed by atoms with Gasteiger partial charge in [-0.15, -0.1) is 0 Å². The summed E-state index contributed by atoms with van der Waals surface area (Å²) in [4.78, 5) is 16.7. The number of hydrogen-bond acceptors (Lipinski definition) is 5. The van der Waals surface area contributed by atoms with E-state index < -0.39 is 0 Å². The van der Waals surface area contributed by atoms with Gasteiger partial charge in [0.25, 0.3) is 0 Å². The molecule has 0 bridgehead atoms. The van der Waals surface area contributed by atoms with E-state index in [1.54, 1.807) is 13.4 Å². The molecule has 6 heteroatoms. The Kier molecular flexibility index (Phi) is 8.71. The van der Waals surface area contributed by atoms with E-state index in [-0.39, 0.29) is 5.91 Å². The fourth-order valence-corrected chi connectivity index (χ4v) is 4.56. The van der Waals surface area contributed by atoms with Gasteiger partial charge in [0.1, 0.15) is 5.76 Å². The van der Waals surface area contributed by atoms with Crippen molar-refractivity contribution in [3.8, 4) is 11.5 Å². The van der Waals surface area contributed by atoms with Gasteiger partial charge < -0.3 is 23.7 Å². The number of rotatable bonds is 6. The molecule has 0 atom stereocenters. The van der Waals surface area contributed by atoms with Crippen LogP contribution < -0.4 is 14.4 Å². The van der Waals surface area contributed by atoms with Gasteiger partial charge in [-0.05, 0) is 56.9 Å². The van der Waals surface area contributed by atoms with Crippen LogP contribution in [0.5, 0.6) is 11.5 Å². The van der Waals surface area contributed by atoms with Crippen LogP contribution in [0.15, 0.2) is 71.3 Å². The number of nitrogens with zero attached hydrogens (tertiary/aromatic N) is 2. The first-order valence-electron chi connectivity index (χ1n) is 12.5. The molecule has 2 fully saturated rings. The Labute approximate surface area is 208 Å². The van der Waals surface area contributed by atoms with E-state index in [2.05, 4.69) is 36.1 Å². The maximum Gasteiger partial charge on any atom is 0.230 e. The van der Waals surface area contributed by atoms with Gasteiger partial charge in [-0.3, -0.25) is 4.79 Å². The van der Waals surface area contributed by atoms with Gasteiger partial charge in [-0.1, -0.05) is 35.9 Å². The van der Waals surface area contributed by atoms with Crippen molar-refractivity contribution in [2.45, 2.75) is 45.1 Å². The second kappa shape index (κ2) is 12.3. The average Bonchev–Trinajstić information content (AvgIpc) is 3.60. The van der Waals surface area contributed by atoms with Crippen LogP contribution in [-0.4, -0.2) is 50.2 Å². The molecule has 1 saturated heterocycles. The Hall–Kier alpha value is -3.41. The van der Waals surface area contributed by atoms with Crippen LogP contribution >= 0.6 is 0 Å². The van der Waals surface area contributed by atoms with Gasteiger partial charge in [-0.25, -0.2) is 0 Å². The third kappa shape index (κ3) is 7.04. The summed E-state index contributed by atoms with van der Waals surface area (Å²) in [5, 5.41) is 0. The molecule has 0 spiro atoms. The second-order valence-corrected chi connectivity index (χ2v) is 9.14. The van der Waals surface area contributed by atoms with E-state index in [1.165, 1.54) is 18.4 Å². The molecule has 35 heavy (non-hydrogen) atoms. The molecule has 0 unspecified atom stereocenters. The summed E-state index contributed by atoms with van der Waals surface area (Å²) in [6, 6.07) is 20.1. The van der Waals surface area contributed by atoms with Gasteiger partial charge in [0.2, 0.25) is 5.91 Å². The normalized spacial score (nSPS) is 15.9. The zero-order valence-corrected chi connectivity index (χ0v) is 20.8. The minimum atomic E-state index is 0.120. The largest absolute Gasteiger partial charge is 0.493 e. The maximum absolute atomic E-state index is 12.5. The zero-order chi connectivity index (χ0) is 24.5. The molecule has 186 valence electrons. The summed E-state index contributed by atoms with van der Waals surface area (Å²) in [5.74, 6) is 2.44. The van der Waals surface area contributed by atoms with Crippen molar-refractivity contribution in [2.24, 2.45) is 0 Å². The Morgan fingerprint density at radius 2 is 1.69 bits per heavy atom. The minimum absolute atomic E-state index is 0.120. The average molecular weight is 477 g/mol. The molecule has 1 aromatic heterocycles. The van der Waals surface area contributed by atoms with Crippen LogP contribution in [0.2, 0.25) is 0 Å². The first-order valence-corrected chi connectivity index (χ1v) is 12.5. The van der Waals surface area contributed by atoms with E-state index in [0.717, 1.165) is 48.9 Å². The van der Waals surface area contributed by atoms with Crippen LogP contribution in [0, 0.1) is 6.92 Å². The number of benzene rings is 2. The fourth-order valence-electron chi connectivity index (χ4n) is 4.56. The Bertz CT molecular complexity index is 1040. The van der Waals surface area contributed by atoms with E-state index in [1.807, 2.05) is 41.3 Å². The zero-order valence-electron chi connectivity index (χ0n) is 20.8. The van der Waals surface area contributed by atoms with E-state index in [9.17, 15) is 4.79 Å². The van der Waals surface area contributed by atoms with Crippen LogP contribution in [0.3, 0.4) is 0 Å². The molecule has 1 aliphatic carbocycles. The predicted octanol–water partition coefficient (Wildman–Crippen LogP) is 5.50. The third-order valence-corrected chi connectivity index (χ3v) is 6.59. The lowest BCUT2D eigenvalue weighted by atomic mass is 10.2. The first-order chi connectivity index (χ1) is 17.1. The molecular weight excluding hydrogens is 440 g/mol. The summed E-state index contributed by atoms with van der Waals surface area (Å²) in [7, 11) is 1.68. The highest BCUT2D eigenvalue weighted by molar-refractivity contribution is 5.78. The number of methoxy groups -OCH3 is 1. The molecular formula is C29H36N2O4. The molecule has 2 aromatic carbocycles. The Balaban J connectivity index is 0.000000356. The van der Waals surface area contributed by atoms with Crippen molar-refractivity contribution in [2.75, 3.05) is 38.2 Å². The number of carbonyl (C=O) groups is 1. The highest BCUT2D eigenvalue weighted by Gasteiger charge is 2.24. The fraction of sp³-hybridized carbons (Fsp3) is 0.414. The first kappa shape index (κ1) is 24.7. The van der Waals surface area contributed by atoms with Crippen molar-refractivity contribution >= 4 is 11.6 Å². The number of piperazine rings is 1. The minimum Gasteiger partial charge on any atom is -0.493 e. The number of furan rings is 1. The molecule has 0 radical (unpaired) electrons. The third-order valence-electron chi connectivity index (χ3n) is 6.59.